The predicted molar refractivity (Wildman–Crippen MR) is 176 cm³/mol. The molecular weight excluding hydrogens is 647 g/mol. The summed E-state index contributed by atoms with van der Waals surface area (Å²) in [5, 5.41) is 10.6. The van der Waals surface area contributed by atoms with Gasteiger partial charge >= 0.3 is 12.1 Å². The number of amides is 1. The lowest BCUT2D eigenvalue weighted by Gasteiger charge is -2.41. The third-order valence-corrected chi connectivity index (χ3v) is 8.98. The molecule has 14 heteroatoms. The van der Waals surface area contributed by atoms with Gasteiger partial charge in [0.1, 0.15) is 41.2 Å². The van der Waals surface area contributed by atoms with E-state index in [1.54, 1.807) is 52.1 Å². The van der Waals surface area contributed by atoms with Gasteiger partial charge < -0.3 is 19.3 Å². The van der Waals surface area contributed by atoms with Gasteiger partial charge in [-0.15, -0.1) is 0 Å². The number of piperazine rings is 1. The summed E-state index contributed by atoms with van der Waals surface area (Å²) in [7, 11) is 1.80. The van der Waals surface area contributed by atoms with Crippen molar-refractivity contribution in [1.82, 2.24) is 24.8 Å². The quantitative estimate of drug-likeness (QED) is 0.224. The number of hydrogen-bond acceptors (Lipinski definition) is 9. The number of benzene rings is 2. The van der Waals surface area contributed by atoms with E-state index in [2.05, 4.69) is 21.0 Å². The van der Waals surface area contributed by atoms with Gasteiger partial charge in [-0.25, -0.2) is 18.0 Å². The number of alkyl halides is 1. The van der Waals surface area contributed by atoms with Crippen LogP contribution in [0.1, 0.15) is 33.6 Å². The first-order chi connectivity index (χ1) is 22.8. The van der Waals surface area contributed by atoms with Crippen LogP contribution in [0.3, 0.4) is 0 Å². The molecule has 1 amide bonds. The number of halogens is 4. The van der Waals surface area contributed by atoms with Crippen LogP contribution in [0.2, 0.25) is 5.02 Å². The molecule has 2 fully saturated rings. The second-order valence-corrected chi connectivity index (χ2v) is 13.5. The van der Waals surface area contributed by atoms with Crippen LogP contribution in [0, 0.1) is 23.0 Å². The third-order valence-electron chi connectivity index (χ3n) is 8.61. The highest BCUT2D eigenvalue weighted by Crippen LogP contribution is 2.38. The number of nitriles is 1. The fourth-order valence-electron chi connectivity index (χ4n) is 6.29. The van der Waals surface area contributed by atoms with E-state index in [0.29, 0.717) is 16.6 Å². The fourth-order valence-corrected chi connectivity index (χ4v) is 6.56. The van der Waals surface area contributed by atoms with Crippen LogP contribution in [-0.2, 0) is 4.74 Å². The number of rotatable bonds is 6. The second kappa shape index (κ2) is 13.2. The van der Waals surface area contributed by atoms with Crippen molar-refractivity contribution < 1.29 is 27.4 Å². The summed E-state index contributed by atoms with van der Waals surface area (Å²) in [5.74, 6) is -1.15. The zero-order valence-corrected chi connectivity index (χ0v) is 27.8. The minimum absolute atomic E-state index is 0.0235. The average Bonchev–Trinajstić information content (AvgIpc) is 3.37. The molecular formula is C34H35ClF3N7O3. The first-order valence-electron chi connectivity index (χ1n) is 15.7. The number of hydrogen-bond donors (Lipinski definition) is 0. The summed E-state index contributed by atoms with van der Waals surface area (Å²) in [5.41, 5.74) is -0.638. The number of fused-ring (bicyclic) bond motifs is 2. The number of nitrogens with zero attached hydrogens (tertiary/aromatic N) is 7. The Labute approximate surface area is 281 Å². The van der Waals surface area contributed by atoms with E-state index in [1.165, 1.54) is 17.2 Å². The van der Waals surface area contributed by atoms with E-state index in [-0.39, 0.29) is 84.9 Å². The minimum Gasteiger partial charge on any atom is -0.462 e. The first-order valence-corrected chi connectivity index (χ1v) is 16.0. The summed E-state index contributed by atoms with van der Waals surface area (Å²) in [6.07, 6.45) is 0.221. The van der Waals surface area contributed by atoms with E-state index in [9.17, 15) is 18.8 Å². The van der Waals surface area contributed by atoms with Crippen molar-refractivity contribution in [3.05, 3.63) is 53.2 Å². The molecule has 48 heavy (non-hydrogen) atoms. The normalized spacial score (nSPS) is 20.4. The molecule has 0 radical (unpaired) electrons. The van der Waals surface area contributed by atoms with Crippen molar-refractivity contribution in [1.29, 1.82) is 5.26 Å². The molecule has 2 aromatic heterocycles. The van der Waals surface area contributed by atoms with Gasteiger partial charge in [-0.05, 0) is 45.7 Å². The molecule has 4 heterocycles. The van der Waals surface area contributed by atoms with E-state index in [1.807, 2.05) is 9.80 Å². The molecule has 0 spiro atoms. The zero-order valence-electron chi connectivity index (χ0n) is 27.0. The predicted octanol–water partition coefficient (Wildman–Crippen LogP) is 6.54. The van der Waals surface area contributed by atoms with E-state index < -0.39 is 35.5 Å². The molecule has 2 aromatic carbocycles. The highest BCUT2D eigenvalue weighted by Gasteiger charge is 2.35. The molecule has 0 aliphatic carbocycles. The number of likely N-dealkylation sites (tertiary alicyclic amines) is 1. The topological polar surface area (TPSA) is 108 Å². The summed E-state index contributed by atoms with van der Waals surface area (Å²) >= 11 is 6.37. The lowest BCUT2D eigenvalue weighted by atomic mass is 10.0. The van der Waals surface area contributed by atoms with Crippen LogP contribution in [0.4, 0.5) is 23.8 Å². The van der Waals surface area contributed by atoms with Crippen molar-refractivity contribution in [2.45, 2.75) is 57.5 Å². The standard InChI is InChI=1S/C34H35ClF3N7O3/c1-34(2,3)48-33(46)45-13-12-44(17-21(45)10-11-39)31-24-15-40-29(23-7-5-6-19-8-9-25(37)27(35)26(19)23)28(38)30(24)41-32(42-31)47-18-22-14-20(36)16-43(22)4/h5-9,15,20-22H,10,12-14,16-18H2,1-4H3/t20-,21-,22-/m0/s1. The van der Waals surface area contributed by atoms with Crippen molar-refractivity contribution in [3.8, 4) is 23.3 Å². The molecule has 10 nitrogen and oxygen atoms in total. The molecule has 2 saturated heterocycles. The molecule has 252 valence electrons. The van der Waals surface area contributed by atoms with Crippen LogP contribution < -0.4 is 9.64 Å². The number of ether oxygens (including phenoxy) is 2. The zero-order chi connectivity index (χ0) is 34.3. The summed E-state index contributed by atoms with van der Waals surface area (Å²) in [6, 6.07) is 9.09. The van der Waals surface area contributed by atoms with Crippen molar-refractivity contribution in [2.24, 2.45) is 0 Å². The van der Waals surface area contributed by atoms with E-state index in [4.69, 9.17) is 21.1 Å². The SMILES string of the molecule is CN1C[C@@H](F)C[C@H]1COc1nc(N2CCN(C(=O)OC(C)(C)C)[C@@H](CC#N)C2)c2cnc(-c3cccc4ccc(F)c(Cl)c34)c(F)c2n1. The second-order valence-electron chi connectivity index (χ2n) is 13.2. The van der Waals surface area contributed by atoms with Crippen molar-refractivity contribution in [3.63, 3.8) is 0 Å². The molecule has 4 aromatic rings. The smallest absolute Gasteiger partial charge is 0.410 e. The lowest BCUT2D eigenvalue weighted by Crippen LogP contribution is -2.56. The lowest BCUT2D eigenvalue weighted by molar-refractivity contribution is 0.0145. The van der Waals surface area contributed by atoms with Gasteiger partial charge in [-0.3, -0.25) is 9.88 Å². The monoisotopic (exact) mass is 681 g/mol. The number of pyridine rings is 1. The van der Waals surface area contributed by atoms with E-state index >= 15 is 4.39 Å². The van der Waals surface area contributed by atoms with E-state index in [0.717, 1.165) is 0 Å². The maximum atomic E-state index is 16.7. The Morgan fingerprint density at radius 1 is 1.12 bits per heavy atom. The molecule has 6 rings (SSSR count). The Bertz CT molecular complexity index is 1920. The summed E-state index contributed by atoms with van der Waals surface area (Å²) in [6.45, 7) is 6.33. The molecule has 2 aliphatic heterocycles. The van der Waals surface area contributed by atoms with Crippen LogP contribution in [-0.4, -0.2) is 94.5 Å². The van der Waals surface area contributed by atoms with Gasteiger partial charge in [-0.1, -0.05) is 35.9 Å². The fraction of sp³-hybridized carbons (Fsp3) is 0.441. The molecule has 0 bridgehead atoms. The van der Waals surface area contributed by atoms with Crippen molar-refractivity contribution >= 4 is 45.2 Å². The summed E-state index contributed by atoms with van der Waals surface area (Å²) in [4.78, 5) is 31.8. The third kappa shape index (κ3) is 6.64. The Hall–Kier alpha value is -4.41. The Morgan fingerprint density at radius 3 is 2.62 bits per heavy atom. The highest BCUT2D eigenvalue weighted by atomic mass is 35.5. The molecule has 3 atom stereocenters. The van der Waals surface area contributed by atoms with Crippen molar-refractivity contribution in [2.75, 3.05) is 44.7 Å². The first kappa shape index (κ1) is 33.5. The van der Waals surface area contributed by atoms with Gasteiger partial charge in [0.05, 0.1) is 28.9 Å². The average molecular weight is 682 g/mol. The molecule has 0 saturated carbocycles. The van der Waals surface area contributed by atoms with Gasteiger partial charge in [0, 0.05) is 49.4 Å². The van der Waals surface area contributed by atoms with Crippen LogP contribution in [0.15, 0.2) is 36.5 Å². The summed E-state index contributed by atoms with van der Waals surface area (Å²) < 4.78 is 56.9. The number of carbonyl (C=O) groups excluding carboxylic acids is 1. The highest BCUT2D eigenvalue weighted by molar-refractivity contribution is 6.36. The maximum absolute atomic E-state index is 16.7. The maximum Gasteiger partial charge on any atom is 0.410 e. The largest absolute Gasteiger partial charge is 0.462 e. The molecule has 0 N–H and O–H groups in total. The minimum atomic E-state index is -0.988. The van der Waals surface area contributed by atoms with Gasteiger partial charge in [0.15, 0.2) is 5.82 Å². The van der Waals surface area contributed by atoms with Gasteiger partial charge in [0.25, 0.3) is 0 Å². The van der Waals surface area contributed by atoms with Crippen LogP contribution >= 0.6 is 11.6 Å². The molecule has 2 aliphatic rings. The number of anilines is 1. The Morgan fingerprint density at radius 2 is 1.92 bits per heavy atom. The number of likely N-dealkylation sites (N-methyl/N-ethyl adjacent to an activating group) is 1. The van der Waals surface area contributed by atoms with Gasteiger partial charge in [-0.2, -0.15) is 15.2 Å². The van der Waals surface area contributed by atoms with Gasteiger partial charge in [0.2, 0.25) is 0 Å². The Balaban J connectivity index is 1.43. The van der Waals surface area contributed by atoms with Crippen LogP contribution in [0.5, 0.6) is 6.01 Å². The Kier molecular flexibility index (Phi) is 9.24. The number of aromatic nitrogens is 3. The number of carbonyl (C=O) groups is 1. The molecule has 0 unspecified atom stereocenters. The van der Waals surface area contributed by atoms with Crippen LogP contribution in [0.25, 0.3) is 32.9 Å².